The molecule has 2 unspecified atom stereocenters. The molecular formula is C10H22N2. The summed E-state index contributed by atoms with van der Waals surface area (Å²) in [4.78, 5) is 0. The maximum absolute atomic E-state index is 3.57. The van der Waals surface area contributed by atoms with Gasteiger partial charge in [0, 0.05) is 18.1 Å². The summed E-state index contributed by atoms with van der Waals surface area (Å²) in [5, 5.41) is 7.03. The first-order valence-corrected chi connectivity index (χ1v) is 5.03. The van der Waals surface area contributed by atoms with Gasteiger partial charge in [-0.3, -0.25) is 0 Å². The molecule has 2 N–H and O–H groups in total. The molecule has 12 heavy (non-hydrogen) atoms. The first-order valence-electron chi connectivity index (χ1n) is 5.03. The molecule has 0 saturated heterocycles. The van der Waals surface area contributed by atoms with Crippen LogP contribution in [0.15, 0.2) is 0 Å². The second-order valence-corrected chi connectivity index (χ2v) is 4.61. The van der Waals surface area contributed by atoms with Crippen LogP contribution in [0.2, 0.25) is 0 Å². The van der Waals surface area contributed by atoms with Gasteiger partial charge in [-0.25, -0.2) is 0 Å². The Balaban J connectivity index is 2.12. The second kappa shape index (κ2) is 3.75. The molecule has 1 rings (SSSR count). The van der Waals surface area contributed by atoms with Crippen LogP contribution in [0.3, 0.4) is 0 Å². The molecule has 1 fully saturated rings. The number of nitrogens with one attached hydrogen (secondary N) is 2. The molecule has 2 atom stereocenters. The molecule has 1 aliphatic rings. The quantitative estimate of drug-likeness (QED) is 0.651. The molecule has 1 saturated carbocycles. The van der Waals surface area contributed by atoms with E-state index in [-0.39, 0.29) is 5.54 Å². The van der Waals surface area contributed by atoms with E-state index in [9.17, 15) is 0 Å². The average Bonchev–Trinajstić information content (AvgIpc) is 2.63. The highest BCUT2D eigenvalue weighted by Gasteiger charge is 2.33. The molecule has 0 aromatic rings. The van der Waals surface area contributed by atoms with Crippen molar-refractivity contribution < 1.29 is 0 Å². The number of hydrogen-bond donors (Lipinski definition) is 2. The van der Waals surface area contributed by atoms with Gasteiger partial charge < -0.3 is 10.6 Å². The van der Waals surface area contributed by atoms with Crippen molar-refractivity contribution >= 4 is 0 Å². The smallest absolute Gasteiger partial charge is 0.0249 e. The minimum absolute atomic E-state index is 0.247. The van der Waals surface area contributed by atoms with Crippen molar-refractivity contribution in [3.8, 4) is 0 Å². The van der Waals surface area contributed by atoms with Crippen molar-refractivity contribution in [1.29, 1.82) is 0 Å². The highest BCUT2D eigenvalue weighted by Crippen LogP contribution is 2.29. The zero-order chi connectivity index (χ0) is 9.19. The summed E-state index contributed by atoms with van der Waals surface area (Å²) in [5.41, 5.74) is 0.247. The van der Waals surface area contributed by atoms with Crippen LogP contribution in [0.5, 0.6) is 0 Å². The third-order valence-electron chi connectivity index (χ3n) is 2.57. The first-order chi connectivity index (χ1) is 5.55. The Labute approximate surface area is 76.1 Å². The maximum atomic E-state index is 3.57. The van der Waals surface area contributed by atoms with Gasteiger partial charge in [-0.05, 0) is 32.7 Å². The fourth-order valence-electron chi connectivity index (χ4n) is 1.53. The van der Waals surface area contributed by atoms with Crippen LogP contribution >= 0.6 is 0 Å². The molecule has 0 heterocycles. The van der Waals surface area contributed by atoms with E-state index in [1.54, 1.807) is 0 Å². The average molecular weight is 170 g/mol. The molecular weight excluding hydrogens is 148 g/mol. The van der Waals surface area contributed by atoms with Crippen molar-refractivity contribution in [2.75, 3.05) is 13.1 Å². The van der Waals surface area contributed by atoms with Crippen LogP contribution in [0, 0.1) is 5.92 Å². The minimum Gasteiger partial charge on any atom is -0.312 e. The predicted octanol–water partition coefficient (Wildman–Crippen LogP) is 1.37. The summed E-state index contributed by atoms with van der Waals surface area (Å²) in [6.07, 6.45) is 1.36. The summed E-state index contributed by atoms with van der Waals surface area (Å²) in [7, 11) is 0. The van der Waals surface area contributed by atoms with Gasteiger partial charge in [0.15, 0.2) is 0 Å². The Kier molecular flexibility index (Phi) is 3.13. The van der Waals surface area contributed by atoms with Crippen LogP contribution < -0.4 is 10.6 Å². The van der Waals surface area contributed by atoms with E-state index in [4.69, 9.17) is 0 Å². The van der Waals surface area contributed by atoms with Crippen LogP contribution in [-0.2, 0) is 0 Å². The molecule has 0 aliphatic heterocycles. The Hall–Kier alpha value is -0.0800. The Morgan fingerprint density at radius 1 is 1.42 bits per heavy atom. The maximum Gasteiger partial charge on any atom is 0.0249 e. The Morgan fingerprint density at radius 3 is 2.42 bits per heavy atom. The van der Waals surface area contributed by atoms with Crippen LogP contribution in [0.1, 0.15) is 34.1 Å². The molecule has 0 bridgehead atoms. The second-order valence-electron chi connectivity index (χ2n) is 4.61. The monoisotopic (exact) mass is 170 g/mol. The molecule has 0 spiro atoms. The van der Waals surface area contributed by atoms with E-state index >= 15 is 0 Å². The topological polar surface area (TPSA) is 24.1 Å². The van der Waals surface area contributed by atoms with E-state index in [0.29, 0.717) is 0 Å². The van der Waals surface area contributed by atoms with E-state index in [1.165, 1.54) is 6.42 Å². The molecule has 72 valence electrons. The molecule has 0 aromatic heterocycles. The lowest BCUT2D eigenvalue weighted by Crippen LogP contribution is -2.48. The lowest BCUT2D eigenvalue weighted by molar-refractivity contribution is 0.370. The SMILES string of the molecule is CCNC(C)(C)CNC1CC1C. The number of likely N-dealkylation sites (N-methyl/N-ethyl adjacent to an activating group) is 1. The van der Waals surface area contributed by atoms with Crippen LogP contribution in [-0.4, -0.2) is 24.7 Å². The third kappa shape index (κ3) is 3.11. The van der Waals surface area contributed by atoms with Gasteiger partial charge in [-0.1, -0.05) is 13.8 Å². The largest absolute Gasteiger partial charge is 0.312 e. The summed E-state index contributed by atoms with van der Waals surface area (Å²) in [6, 6.07) is 0.794. The molecule has 0 radical (unpaired) electrons. The Morgan fingerprint density at radius 2 is 2.00 bits per heavy atom. The van der Waals surface area contributed by atoms with Gasteiger partial charge in [0.2, 0.25) is 0 Å². The predicted molar refractivity (Wildman–Crippen MR) is 53.3 cm³/mol. The standard InChI is InChI=1S/C10H22N2/c1-5-12-10(3,4)7-11-9-6-8(9)2/h8-9,11-12H,5-7H2,1-4H3. The van der Waals surface area contributed by atoms with E-state index in [2.05, 4.69) is 38.3 Å². The summed E-state index contributed by atoms with van der Waals surface area (Å²) >= 11 is 0. The van der Waals surface area contributed by atoms with Crippen molar-refractivity contribution in [3.05, 3.63) is 0 Å². The normalized spacial score (nSPS) is 29.0. The summed E-state index contributed by atoms with van der Waals surface area (Å²) < 4.78 is 0. The number of rotatable bonds is 5. The fraction of sp³-hybridized carbons (Fsp3) is 1.00. The zero-order valence-corrected chi connectivity index (χ0v) is 8.78. The zero-order valence-electron chi connectivity index (χ0n) is 8.78. The molecule has 2 nitrogen and oxygen atoms in total. The van der Waals surface area contributed by atoms with E-state index < -0.39 is 0 Å². The van der Waals surface area contributed by atoms with Gasteiger partial charge in [-0.15, -0.1) is 0 Å². The van der Waals surface area contributed by atoms with Gasteiger partial charge in [0.05, 0.1) is 0 Å². The number of hydrogen-bond acceptors (Lipinski definition) is 2. The van der Waals surface area contributed by atoms with Crippen molar-refractivity contribution in [2.24, 2.45) is 5.92 Å². The van der Waals surface area contributed by atoms with Crippen molar-refractivity contribution in [3.63, 3.8) is 0 Å². The van der Waals surface area contributed by atoms with Gasteiger partial charge in [0.1, 0.15) is 0 Å². The van der Waals surface area contributed by atoms with Crippen LogP contribution in [0.4, 0.5) is 0 Å². The van der Waals surface area contributed by atoms with Crippen LogP contribution in [0.25, 0.3) is 0 Å². The van der Waals surface area contributed by atoms with Gasteiger partial charge in [-0.2, -0.15) is 0 Å². The molecule has 1 aliphatic carbocycles. The molecule has 0 aromatic carbocycles. The minimum atomic E-state index is 0.247. The summed E-state index contributed by atoms with van der Waals surface area (Å²) in [5.74, 6) is 0.905. The lowest BCUT2D eigenvalue weighted by atomic mass is 10.1. The third-order valence-corrected chi connectivity index (χ3v) is 2.57. The van der Waals surface area contributed by atoms with E-state index in [1.807, 2.05) is 0 Å². The van der Waals surface area contributed by atoms with E-state index in [0.717, 1.165) is 25.0 Å². The Bertz CT molecular complexity index is 143. The molecule has 2 heteroatoms. The van der Waals surface area contributed by atoms with Crippen molar-refractivity contribution in [2.45, 2.75) is 45.7 Å². The highest BCUT2D eigenvalue weighted by molar-refractivity contribution is 4.92. The van der Waals surface area contributed by atoms with Gasteiger partial charge in [0.25, 0.3) is 0 Å². The summed E-state index contributed by atoms with van der Waals surface area (Å²) in [6.45, 7) is 11.1. The first kappa shape index (κ1) is 10.0. The highest BCUT2D eigenvalue weighted by atomic mass is 15.1. The van der Waals surface area contributed by atoms with Crippen molar-refractivity contribution in [1.82, 2.24) is 10.6 Å². The molecule has 0 amide bonds. The van der Waals surface area contributed by atoms with Gasteiger partial charge >= 0.3 is 0 Å². The fourth-order valence-corrected chi connectivity index (χ4v) is 1.53. The lowest BCUT2D eigenvalue weighted by Gasteiger charge is -2.26.